The van der Waals surface area contributed by atoms with Crippen molar-refractivity contribution < 1.29 is 13.6 Å². The summed E-state index contributed by atoms with van der Waals surface area (Å²) in [7, 11) is 0. The molecule has 0 radical (unpaired) electrons. The van der Waals surface area contributed by atoms with Crippen molar-refractivity contribution >= 4 is 27.5 Å². The van der Waals surface area contributed by atoms with Gasteiger partial charge in [-0.2, -0.15) is 5.10 Å². The number of benzene rings is 2. The Hall–Kier alpha value is -2.73. The van der Waals surface area contributed by atoms with E-state index in [1.54, 1.807) is 6.07 Å². The molecule has 1 aliphatic heterocycles. The molecule has 0 unspecified atom stereocenters. The Morgan fingerprint density at radius 1 is 1.19 bits per heavy atom. The van der Waals surface area contributed by atoms with Crippen LogP contribution in [0.4, 0.5) is 4.39 Å². The summed E-state index contributed by atoms with van der Waals surface area (Å²) in [6, 6.07) is 16.7. The van der Waals surface area contributed by atoms with Crippen molar-refractivity contribution in [1.82, 2.24) is 5.01 Å². The Morgan fingerprint density at radius 2 is 1.96 bits per heavy atom. The fourth-order valence-electron chi connectivity index (χ4n) is 3.12. The van der Waals surface area contributed by atoms with E-state index < -0.39 is 5.82 Å². The molecule has 0 fully saturated rings. The minimum atomic E-state index is -0.456. The molecular formula is C21H16BrFN2O2. The first kappa shape index (κ1) is 17.7. The summed E-state index contributed by atoms with van der Waals surface area (Å²) >= 11 is 3.42. The highest BCUT2D eigenvalue weighted by Crippen LogP contribution is 2.35. The van der Waals surface area contributed by atoms with Gasteiger partial charge < -0.3 is 4.42 Å². The predicted octanol–water partition coefficient (Wildman–Crippen LogP) is 5.48. The fraction of sp³-hybridized carbons (Fsp3) is 0.143. The number of carbonyl (C=O) groups is 1. The maximum atomic E-state index is 13.6. The summed E-state index contributed by atoms with van der Waals surface area (Å²) in [5.41, 5.74) is 1.97. The van der Waals surface area contributed by atoms with Gasteiger partial charge in [0.15, 0.2) is 0 Å². The first-order valence-corrected chi connectivity index (χ1v) is 9.29. The summed E-state index contributed by atoms with van der Waals surface area (Å²) in [5, 5.41) is 5.96. The van der Waals surface area contributed by atoms with Crippen LogP contribution in [0.3, 0.4) is 0 Å². The van der Waals surface area contributed by atoms with E-state index in [2.05, 4.69) is 21.0 Å². The predicted molar refractivity (Wildman–Crippen MR) is 104 cm³/mol. The standard InChI is InChI=1S/C21H16BrFN2O2/c1-13-5-10-20(27-13)19-12-18(14-6-8-16(22)9-7-14)24-25(19)21(26)15-3-2-4-17(23)11-15/h2-11,19H,12H2,1H3/t19-/m1/s1. The molecule has 136 valence electrons. The van der Waals surface area contributed by atoms with Crippen LogP contribution in [0.15, 0.2) is 74.7 Å². The van der Waals surface area contributed by atoms with Crippen molar-refractivity contribution in [2.75, 3.05) is 0 Å². The molecule has 2 heterocycles. The number of amides is 1. The van der Waals surface area contributed by atoms with Crippen LogP contribution < -0.4 is 0 Å². The number of aryl methyl sites for hydroxylation is 1. The van der Waals surface area contributed by atoms with Crippen LogP contribution in [-0.4, -0.2) is 16.6 Å². The van der Waals surface area contributed by atoms with Crippen LogP contribution in [0.1, 0.15) is 39.9 Å². The van der Waals surface area contributed by atoms with Crippen molar-refractivity contribution in [3.05, 3.63) is 93.6 Å². The van der Waals surface area contributed by atoms with Crippen LogP contribution in [-0.2, 0) is 0 Å². The lowest BCUT2D eigenvalue weighted by Crippen LogP contribution is -2.27. The maximum absolute atomic E-state index is 13.6. The molecule has 0 spiro atoms. The van der Waals surface area contributed by atoms with Gasteiger partial charge >= 0.3 is 0 Å². The first-order chi connectivity index (χ1) is 13.0. The highest BCUT2D eigenvalue weighted by molar-refractivity contribution is 9.10. The normalized spacial score (nSPS) is 16.5. The van der Waals surface area contributed by atoms with Gasteiger partial charge in [0.2, 0.25) is 0 Å². The summed E-state index contributed by atoms with van der Waals surface area (Å²) in [4.78, 5) is 13.0. The van der Waals surface area contributed by atoms with E-state index in [1.807, 2.05) is 43.3 Å². The molecule has 3 aromatic rings. The molecule has 0 aliphatic carbocycles. The molecule has 1 aliphatic rings. The smallest absolute Gasteiger partial charge is 0.274 e. The highest BCUT2D eigenvalue weighted by Gasteiger charge is 2.35. The number of halogens is 2. The molecule has 4 rings (SSSR count). The second-order valence-corrected chi connectivity index (χ2v) is 7.30. The van der Waals surface area contributed by atoms with E-state index in [0.29, 0.717) is 12.2 Å². The number of nitrogens with zero attached hydrogens (tertiary/aromatic N) is 2. The zero-order valence-electron chi connectivity index (χ0n) is 14.5. The summed E-state index contributed by atoms with van der Waals surface area (Å²) < 4.78 is 20.3. The third-order valence-corrected chi connectivity index (χ3v) is 4.99. The molecule has 0 N–H and O–H groups in total. The van der Waals surface area contributed by atoms with Gasteiger partial charge in [-0.05, 0) is 55.0 Å². The van der Waals surface area contributed by atoms with Gasteiger partial charge in [0.1, 0.15) is 23.4 Å². The van der Waals surface area contributed by atoms with Gasteiger partial charge in [0.05, 0.1) is 5.71 Å². The molecule has 1 amide bonds. The van der Waals surface area contributed by atoms with Crippen molar-refractivity contribution in [2.45, 2.75) is 19.4 Å². The molecule has 6 heteroatoms. The molecule has 1 atom stereocenters. The lowest BCUT2D eigenvalue weighted by molar-refractivity contribution is 0.0691. The van der Waals surface area contributed by atoms with Crippen LogP contribution in [0, 0.1) is 12.7 Å². The number of carbonyl (C=O) groups excluding carboxylic acids is 1. The average molecular weight is 427 g/mol. The molecule has 2 aromatic carbocycles. The Bertz CT molecular complexity index is 1030. The number of hydrogen-bond acceptors (Lipinski definition) is 3. The van der Waals surface area contributed by atoms with Crippen LogP contribution >= 0.6 is 15.9 Å². The van der Waals surface area contributed by atoms with Gasteiger partial charge in [-0.15, -0.1) is 0 Å². The fourth-order valence-corrected chi connectivity index (χ4v) is 3.39. The quantitative estimate of drug-likeness (QED) is 0.556. The van der Waals surface area contributed by atoms with Gasteiger partial charge in [-0.1, -0.05) is 34.1 Å². The van der Waals surface area contributed by atoms with Gasteiger partial charge in [0, 0.05) is 16.5 Å². The maximum Gasteiger partial charge on any atom is 0.274 e. The van der Waals surface area contributed by atoms with E-state index >= 15 is 0 Å². The van der Waals surface area contributed by atoms with E-state index in [0.717, 1.165) is 21.5 Å². The van der Waals surface area contributed by atoms with Crippen LogP contribution in [0.2, 0.25) is 0 Å². The van der Waals surface area contributed by atoms with Crippen LogP contribution in [0.5, 0.6) is 0 Å². The number of hydrogen-bond donors (Lipinski definition) is 0. The molecule has 4 nitrogen and oxygen atoms in total. The lowest BCUT2D eigenvalue weighted by Gasteiger charge is -2.20. The second-order valence-electron chi connectivity index (χ2n) is 6.38. The largest absolute Gasteiger partial charge is 0.464 e. The van der Waals surface area contributed by atoms with E-state index in [4.69, 9.17) is 4.42 Å². The summed E-state index contributed by atoms with van der Waals surface area (Å²) in [5.74, 6) is 0.608. The molecular weight excluding hydrogens is 411 g/mol. The van der Waals surface area contributed by atoms with Gasteiger partial charge in [-0.3, -0.25) is 4.79 Å². The number of rotatable bonds is 3. The summed E-state index contributed by atoms with van der Waals surface area (Å²) in [6.45, 7) is 1.85. The van der Waals surface area contributed by atoms with E-state index in [-0.39, 0.29) is 17.5 Å². The van der Waals surface area contributed by atoms with Gasteiger partial charge in [-0.25, -0.2) is 9.40 Å². The number of hydrazone groups is 1. The van der Waals surface area contributed by atoms with Crippen molar-refractivity contribution in [1.29, 1.82) is 0 Å². The topological polar surface area (TPSA) is 45.8 Å². The van der Waals surface area contributed by atoms with Crippen molar-refractivity contribution in [3.63, 3.8) is 0 Å². The minimum absolute atomic E-state index is 0.254. The highest BCUT2D eigenvalue weighted by atomic mass is 79.9. The Morgan fingerprint density at radius 3 is 2.63 bits per heavy atom. The number of furan rings is 1. The Kier molecular flexibility index (Phi) is 4.66. The van der Waals surface area contributed by atoms with E-state index in [1.165, 1.54) is 23.2 Å². The second kappa shape index (κ2) is 7.12. The zero-order chi connectivity index (χ0) is 19.0. The third kappa shape index (κ3) is 3.57. The Balaban J connectivity index is 1.73. The Labute approximate surface area is 164 Å². The minimum Gasteiger partial charge on any atom is -0.464 e. The van der Waals surface area contributed by atoms with Crippen molar-refractivity contribution in [3.8, 4) is 0 Å². The molecule has 0 saturated carbocycles. The first-order valence-electron chi connectivity index (χ1n) is 8.50. The van der Waals surface area contributed by atoms with E-state index in [9.17, 15) is 9.18 Å². The zero-order valence-corrected chi connectivity index (χ0v) is 16.1. The third-order valence-electron chi connectivity index (χ3n) is 4.46. The monoisotopic (exact) mass is 426 g/mol. The molecule has 27 heavy (non-hydrogen) atoms. The average Bonchev–Trinajstić information content (AvgIpc) is 3.28. The SMILES string of the molecule is Cc1ccc([C@H]2CC(c3ccc(Br)cc3)=NN2C(=O)c2cccc(F)c2)o1. The van der Waals surface area contributed by atoms with Crippen LogP contribution in [0.25, 0.3) is 0 Å². The molecule has 1 aromatic heterocycles. The molecule has 0 saturated heterocycles. The lowest BCUT2D eigenvalue weighted by atomic mass is 10.0. The van der Waals surface area contributed by atoms with Crippen molar-refractivity contribution in [2.24, 2.45) is 5.10 Å². The summed E-state index contributed by atoms with van der Waals surface area (Å²) in [6.07, 6.45) is 0.523. The molecule has 0 bridgehead atoms. The van der Waals surface area contributed by atoms with Gasteiger partial charge in [0.25, 0.3) is 5.91 Å².